The Hall–Kier alpha value is -3.47. The van der Waals surface area contributed by atoms with Crippen LogP contribution in [0.25, 0.3) is 22.4 Å². The third-order valence-electron chi connectivity index (χ3n) is 4.70. The number of anilines is 1. The third-order valence-corrected chi connectivity index (χ3v) is 6.43. The molecule has 0 aliphatic rings. The van der Waals surface area contributed by atoms with Gasteiger partial charge in [-0.05, 0) is 36.2 Å². The molecule has 0 amide bonds. The summed E-state index contributed by atoms with van der Waals surface area (Å²) in [6.45, 7) is 0. The van der Waals surface area contributed by atoms with Crippen LogP contribution in [0, 0.1) is 11.6 Å². The van der Waals surface area contributed by atoms with Crippen molar-refractivity contribution >= 4 is 40.7 Å². The minimum absolute atomic E-state index is 0.127. The summed E-state index contributed by atoms with van der Waals surface area (Å²) >= 11 is 8.89. The van der Waals surface area contributed by atoms with Gasteiger partial charge in [-0.15, -0.1) is 11.3 Å². The molecule has 0 unspecified atom stereocenters. The van der Waals surface area contributed by atoms with Gasteiger partial charge >= 0.3 is 0 Å². The predicted octanol–water partition coefficient (Wildman–Crippen LogP) is 7.44. The molecule has 11 heteroatoms. The van der Waals surface area contributed by atoms with E-state index in [1.54, 1.807) is 36.1 Å². The molecule has 5 aromatic rings. The van der Waals surface area contributed by atoms with E-state index in [4.69, 9.17) is 16.3 Å². The van der Waals surface area contributed by atoms with Gasteiger partial charge in [0.2, 0.25) is 0 Å². The average Bonchev–Trinajstić information content (AvgIpc) is 3.55. The fraction of sp³-hybridized carbons (Fsp3) is 0. The van der Waals surface area contributed by atoms with Gasteiger partial charge in [-0.2, -0.15) is 5.10 Å². The van der Waals surface area contributed by atoms with Gasteiger partial charge in [0.05, 0.1) is 33.5 Å². The monoisotopic (exact) mass is 513 g/mol. The molecule has 0 radical (unpaired) electrons. The number of rotatable bonds is 7. The molecule has 0 saturated carbocycles. The molecule has 2 aromatic carbocycles. The van der Waals surface area contributed by atoms with Crippen molar-refractivity contribution in [3.63, 3.8) is 0 Å². The highest BCUT2D eigenvalue weighted by Crippen LogP contribution is 2.39. The smallest absolute Gasteiger partial charge is 0.153 e. The molecule has 0 bridgehead atoms. The SMILES string of the molecule is Fc1cccc(-c2cc(-c3cn[nH]c3)c(Oc3cc(F)c(SNc4cscn4)cc3Cl)cn2)c1. The normalized spacial score (nSPS) is 10.9. The first-order chi connectivity index (χ1) is 16.6. The van der Waals surface area contributed by atoms with Crippen molar-refractivity contribution in [1.82, 2.24) is 20.2 Å². The van der Waals surface area contributed by atoms with E-state index >= 15 is 0 Å². The van der Waals surface area contributed by atoms with E-state index in [1.165, 1.54) is 41.8 Å². The van der Waals surface area contributed by atoms with Crippen LogP contribution in [0.3, 0.4) is 0 Å². The summed E-state index contributed by atoms with van der Waals surface area (Å²) in [5.41, 5.74) is 4.16. The number of thiazole rings is 1. The highest BCUT2D eigenvalue weighted by atomic mass is 35.5. The Labute approximate surface area is 206 Å². The quantitative estimate of drug-likeness (QED) is 0.220. The minimum atomic E-state index is -0.513. The molecule has 170 valence electrons. The second kappa shape index (κ2) is 9.80. The molecule has 3 aromatic heterocycles. The molecule has 0 aliphatic carbocycles. The van der Waals surface area contributed by atoms with E-state index in [2.05, 4.69) is 24.9 Å². The third kappa shape index (κ3) is 4.89. The summed E-state index contributed by atoms with van der Waals surface area (Å²) < 4.78 is 37.4. The molecule has 5 rings (SSSR count). The van der Waals surface area contributed by atoms with Gasteiger partial charge < -0.3 is 9.46 Å². The number of nitrogens with zero attached hydrogens (tertiary/aromatic N) is 3. The lowest BCUT2D eigenvalue weighted by Crippen LogP contribution is -1.95. The molecular formula is C23H14ClF2N5OS2. The average molecular weight is 514 g/mol. The number of ether oxygens (including phenoxy) is 1. The highest BCUT2D eigenvalue weighted by Gasteiger charge is 2.16. The minimum Gasteiger partial charge on any atom is -0.453 e. The number of hydrogen-bond acceptors (Lipinski definition) is 7. The largest absolute Gasteiger partial charge is 0.453 e. The van der Waals surface area contributed by atoms with Gasteiger partial charge in [-0.3, -0.25) is 10.1 Å². The van der Waals surface area contributed by atoms with Crippen molar-refractivity contribution in [2.75, 3.05) is 4.72 Å². The first-order valence-corrected chi connectivity index (χ1v) is 11.9. The highest BCUT2D eigenvalue weighted by molar-refractivity contribution is 8.00. The van der Waals surface area contributed by atoms with Crippen molar-refractivity contribution < 1.29 is 13.5 Å². The lowest BCUT2D eigenvalue weighted by atomic mass is 10.1. The number of nitrogens with one attached hydrogen (secondary N) is 2. The van der Waals surface area contributed by atoms with Crippen LogP contribution in [0.2, 0.25) is 5.02 Å². The number of hydrogen-bond donors (Lipinski definition) is 2. The molecule has 6 nitrogen and oxygen atoms in total. The summed E-state index contributed by atoms with van der Waals surface area (Å²) in [6.07, 6.45) is 4.79. The van der Waals surface area contributed by atoms with Crippen LogP contribution in [0.15, 0.2) is 76.8 Å². The Balaban J connectivity index is 1.46. The van der Waals surface area contributed by atoms with Crippen LogP contribution >= 0.6 is 34.9 Å². The molecular weight excluding hydrogens is 500 g/mol. The van der Waals surface area contributed by atoms with Crippen molar-refractivity contribution in [2.45, 2.75) is 4.90 Å². The van der Waals surface area contributed by atoms with E-state index < -0.39 is 5.82 Å². The Kier molecular flexibility index (Phi) is 6.43. The molecule has 3 heterocycles. The van der Waals surface area contributed by atoms with Crippen LogP contribution in [-0.2, 0) is 0 Å². The first-order valence-electron chi connectivity index (χ1n) is 9.80. The molecule has 0 fully saturated rings. The first kappa shape index (κ1) is 22.3. The van der Waals surface area contributed by atoms with E-state index in [0.717, 1.165) is 11.9 Å². The van der Waals surface area contributed by atoms with E-state index in [-0.39, 0.29) is 16.6 Å². The summed E-state index contributed by atoms with van der Waals surface area (Å²) in [5, 5.41) is 8.77. The summed E-state index contributed by atoms with van der Waals surface area (Å²) in [4.78, 5) is 8.79. The summed E-state index contributed by atoms with van der Waals surface area (Å²) in [6, 6.07) is 10.6. The Morgan fingerprint density at radius 1 is 1.03 bits per heavy atom. The van der Waals surface area contributed by atoms with Gasteiger partial charge in [-0.25, -0.2) is 13.8 Å². The Bertz CT molecular complexity index is 1430. The zero-order valence-corrected chi connectivity index (χ0v) is 19.5. The number of benzene rings is 2. The Morgan fingerprint density at radius 2 is 1.94 bits per heavy atom. The summed E-state index contributed by atoms with van der Waals surface area (Å²) in [7, 11) is 0. The zero-order valence-electron chi connectivity index (χ0n) is 17.1. The van der Waals surface area contributed by atoms with Crippen LogP contribution < -0.4 is 9.46 Å². The topological polar surface area (TPSA) is 75.7 Å². The summed E-state index contributed by atoms with van der Waals surface area (Å²) in [5.74, 6) is 0.210. The van der Waals surface area contributed by atoms with Gasteiger partial charge in [0.1, 0.15) is 23.2 Å². The number of aromatic nitrogens is 4. The Morgan fingerprint density at radius 3 is 2.71 bits per heavy atom. The molecule has 2 N–H and O–H groups in total. The van der Waals surface area contributed by atoms with Gasteiger partial charge in [0, 0.05) is 34.3 Å². The molecule has 0 aliphatic heterocycles. The van der Waals surface area contributed by atoms with Crippen LogP contribution in [0.1, 0.15) is 0 Å². The zero-order chi connectivity index (χ0) is 23.5. The lowest BCUT2D eigenvalue weighted by molar-refractivity contribution is 0.474. The molecule has 0 saturated heterocycles. The lowest BCUT2D eigenvalue weighted by Gasteiger charge is -2.14. The van der Waals surface area contributed by atoms with Crippen molar-refractivity contribution in [2.24, 2.45) is 0 Å². The molecule has 0 atom stereocenters. The maximum Gasteiger partial charge on any atom is 0.153 e. The van der Waals surface area contributed by atoms with Crippen molar-refractivity contribution in [1.29, 1.82) is 0 Å². The van der Waals surface area contributed by atoms with E-state index in [0.29, 0.717) is 38.8 Å². The predicted molar refractivity (Wildman–Crippen MR) is 130 cm³/mol. The maximum atomic E-state index is 14.8. The number of pyridine rings is 1. The van der Waals surface area contributed by atoms with Gasteiger partial charge in [0.15, 0.2) is 5.75 Å². The number of aromatic amines is 1. The van der Waals surface area contributed by atoms with E-state index in [1.807, 2.05) is 5.38 Å². The number of H-pyrrole nitrogens is 1. The fourth-order valence-electron chi connectivity index (χ4n) is 3.11. The number of halogens is 3. The maximum absolute atomic E-state index is 14.8. The van der Waals surface area contributed by atoms with Gasteiger partial charge in [-0.1, -0.05) is 23.7 Å². The van der Waals surface area contributed by atoms with Crippen LogP contribution in [0.5, 0.6) is 11.5 Å². The van der Waals surface area contributed by atoms with Crippen LogP contribution in [-0.4, -0.2) is 20.2 Å². The standard InChI is InChI=1S/C23H14ClF2N5OS2/c24-17-6-22(34-31-23-11-33-12-28-23)18(26)7-20(17)32-21-10-27-19(13-2-1-3-15(25)4-13)5-16(21)14-8-29-30-9-14/h1-12,31H,(H,29,30). The second-order valence-corrected chi connectivity index (χ2v) is 8.93. The van der Waals surface area contributed by atoms with Crippen molar-refractivity contribution in [3.8, 4) is 33.9 Å². The molecule has 34 heavy (non-hydrogen) atoms. The molecule has 0 spiro atoms. The second-order valence-electron chi connectivity index (χ2n) is 6.96. The van der Waals surface area contributed by atoms with Gasteiger partial charge in [0.25, 0.3) is 0 Å². The van der Waals surface area contributed by atoms with Crippen LogP contribution in [0.4, 0.5) is 14.6 Å². The van der Waals surface area contributed by atoms with Crippen molar-refractivity contribution in [3.05, 3.63) is 88.6 Å². The van der Waals surface area contributed by atoms with E-state index in [9.17, 15) is 8.78 Å². The fourth-order valence-corrected chi connectivity index (χ4v) is 4.59.